The SMILES string of the molecule is COC[C@H]1C(=O)[C@@]23[C@H](O)[C@@H]1CC[C@H]2[C@@]12CO[C@]3(O)[C@H](O)[C@H]1C(C)(C)CC[C@@H]2OC(C)=O. The molecule has 31 heavy (non-hydrogen) atoms. The van der Waals surface area contributed by atoms with E-state index in [2.05, 4.69) is 13.8 Å². The third kappa shape index (κ3) is 2.24. The maximum atomic E-state index is 13.9. The molecule has 2 heterocycles. The molecule has 0 radical (unpaired) electrons. The molecule has 4 bridgehead atoms. The Morgan fingerprint density at radius 3 is 2.55 bits per heavy atom. The van der Waals surface area contributed by atoms with Gasteiger partial charge in [-0.05, 0) is 42.9 Å². The molecular weight excluding hydrogens is 404 g/mol. The number of hydrogen-bond acceptors (Lipinski definition) is 8. The number of aliphatic hydroxyl groups excluding tert-OH is 2. The standard InChI is InChI=1S/C23H34O8/c1-11(24)31-15-7-8-20(2,3)16-19(27)23(28)22-14(21(15,16)10-30-23)6-5-12(17(22)25)13(9-29-4)18(22)26/h12-17,19,25,27-28H,5-10H2,1-4H3/t12-,13-,14+,15+,16+,17-,19-,21-,22+,23-/m1/s1. The van der Waals surface area contributed by atoms with Gasteiger partial charge in [0.2, 0.25) is 5.79 Å². The summed E-state index contributed by atoms with van der Waals surface area (Å²) in [6, 6.07) is 0. The van der Waals surface area contributed by atoms with E-state index >= 15 is 0 Å². The van der Waals surface area contributed by atoms with Crippen LogP contribution < -0.4 is 0 Å². The van der Waals surface area contributed by atoms with Gasteiger partial charge in [0.25, 0.3) is 0 Å². The lowest BCUT2D eigenvalue weighted by Gasteiger charge is -2.74. The fraction of sp³-hybridized carbons (Fsp3) is 0.913. The number of aliphatic hydroxyl groups is 3. The van der Waals surface area contributed by atoms with Crippen LogP contribution >= 0.6 is 0 Å². The number of esters is 1. The van der Waals surface area contributed by atoms with Crippen molar-refractivity contribution in [2.45, 2.75) is 70.6 Å². The van der Waals surface area contributed by atoms with Crippen molar-refractivity contribution in [1.82, 2.24) is 0 Å². The summed E-state index contributed by atoms with van der Waals surface area (Å²) in [7, 11) is 1.51. The quantitative estimate of drug-likeness (QED) is 0.549. The number of ether oxygens (including phenoxy) is 3. The van der Waals surface area contributed by atoms with Crippen LogP contribution in [0.15, 0.2) is 0 Å². The van der Waals surface area contributed by atoms with Crippen molar-refractivity contribution in [3.63, 3.8) is 0 Å². The topological polar surface area (TPSA) is 123 Å². The van der Waals surface area contributed by atoms with Crippen LogP contribution in [0.2, 0.25) is 0 Å². The van der Waals surface area contributed by atoms with Gasteiger partial charge in [0.15, 0.2) is 5.78 Å². The van der Waals surface area contributed by atoms with Crippen molar-refractivity contribution in [1.29, 1.82) is 0 Å². The van der Waals surface area contributed by atoms with Gasteiger partial charge in [0.05, 0.1) is 19.3 Å². The molecule has 0 unspecified atom stereocenters. The molecule has 4 saturated carbocycles. The van der Waals surface area contributed by atoms with Crippen LogP contribution in [0.4, 0.5) is 0 Å². The van der Waals surface area contributed by atoms with E-state index in [1.807, 2.05) is 0 Å². The lowest BCUT2D eigenvalue weighted by Crippen LogP contribution is -2.85. The fourth-order valence-corrected chi connectivity index (χ4v) is 8.82. The number of hydrogen-bond donors (Lipinski definition) is 3. The molecule has 8 nitrogen and oxygen atoms in total. The molecule has 6 fully saturated rings. The summed E-state index contributed by atoms with van der Waals surface area (Å²) in [6.07, 6.45) is -0.598. The highest BCUT2D eigenvalue weighted by molar-refractivity contribution is 5.93. The largest absolute Gasteiger partial charge is 0.462 e. The summed E-state index contributed by atoms with van der Waals surface area (Å²) < 4.78 is 17.1. The highest BCUT2D eigenvalue weighted by Crippen LogP contribution is 2.76. The van der Waals surface area contributed by atoms with E-state index in [0.717, 1.165) is 0 Å². The third-order valence-electron chi connectivity index (χ3n) is 9.70. The first-order valence-corrected chi connectivity index (χ1v) is 11.4. The Morgan fingerprint density at radius 2 is 1.90 bits per heavy atom. The van der Waals surface area contributed by atoms with Crippen LogP contribution in [-0.4, -0.2) is 71.5 Å². The molecular formula is C23H34O8. The molecule has 0 aromatic heterocycles. The molecule has 0 amide bonds. The van der Waals surface area contributed by atoms with Crippen molar-refractivity contribution < 1.29 is 39.1 Å². The summed E-state index contributed by atoms with van der Waals surface area (Å²) >= 11 is 0. The highest BCUT2D eigenvalue weighted by atomic mass is 16.6. The lowest BCUT2D eigenvalue weighted by molar-refractivity contribution is -0.458. The van der Waals surface area contributed by atoms with Crippen LogP contribution in [0.1, 0.15) is 46.5 Å². The molecule has 0 aromatic carbocycles. The van der Waals surface area contributed by atoms with Gasteiger partial charge >= 0.3 is 5.97 Å². The van der Waals surface area contributed by atoms with Crippen molar-refractivity contribution >= 4 is 11.8 Å². The van der Waals surface area contributed by atoms with Crippen molar-refractivity contribution in [2.24, 2.45) is 39.9 Å². The Kier molecular flexibility index (Phi) is 4.57. The first kappa shape index (κ1) is 21.8. The Balaban J connectivity index is 1.74. The van der Waals surface area contributed by atoms with Gasteiger partial charge in [-0.2, -0.15) is 0 Å². The van der Waals surface area contributed by atoms with Crippen LogP contribution in [0.5, 0.6) is 0 Å². The van der Waals surface area contributed by atoms with Gasteiger partial charge in [-0.15, -0.1) is 0 Å². The van der Waals surface area contributed by atoms with E-state index in [1.54, 1.807) is 0 Å². The van der Waals surface area contributed by atoms with Gasteiger partial charge in [0.1, 0.15) is 17.6 Å². The second-order valence-corrected chi connectivity index (χ2v) is 11.2. The molecule has 6 aliphatic rings. The predicted molar refractivity (Wildman–Crippen MR) is 106 cm³/mol. The van der Waals surface area contributed by atoms with Gasteiger partial charge in [-0.25, -0.2) is 0 Å². The Labute approximate surface area is 182 Å². The summed E-state index contributed by atoms with van der Waals surface area (Å²) in [6.45, 7) is 5.70. The molecule has 2 aliphatic heterocycles. The normalized spacial score (nSPS) is 54.3. The summed E-state index contributed by atoms with van der Waals surface area (Å²) in [5.74, 6) is -4.72. The first-order valence-electron chi connectivity index (χ1n) is 11.4. The molecule has 2 saturated heterocycles. The van der Waals surface area contributed by atoms with Crippen molar-refractivity contribution in [3.05, 3.63) is 0 Å². The van der Waals surface area contributed by atoms with Crippen molar-refractivity contribution in [3.8, 4) is 0 Å². The number of Topliss-reactive ketones (excluding diaryl/α,β-unsaturated/α-hetero) is 1. The van der Waals surface area contributed by atoms with Crippen LogP contribution in [-0.2, 0) is 23.8 Å². The van der Waals surface area contributed by atoms with E-state index in [1.165, 1.54) is 14.0 Å². The maximum Gasteiger partial charge on any atom is 0.302 e. The van der Waals surface area contributed by atoms with Gasteiger partial charge < -0.3 is 29.5 Å². The van der Waals surface area contributed by atoms with Crippen LogP contribution in [0, 0.1) is 39.9 Å². The summed E-state index contributed by atoms with van der Waals surface area (Å²) in [4.78, 5) is 26.0. The Bertz CT molecular complexity index is 811. The second kappa shape index (κ2) is 6.50. The van der Waals surface area contributed by atoms with E-state index < -0.39 is 58.7 Å². The van der Waals surface area contributed by atoms with Crippen LogP contribution in [0.3, 0.4) is 0 Å². The van der Waals surface area contributed by atoms with Gasteiger partial charge in [-0.1, -0.05) is 13.8 Å². The minimum Gasteiger partial charge on any atom is -0.462 e. The number of fused-ring (bicyclic) bond motifs is 2. The van der Waals surface area contributed by atoms with Gasteiger partial charge in [-0.3, -0.25) is 9.59 Å². The fourth-order valence-electron chi connectivity index (χ4n) is 8.82. The number of carbonyl (C=O) groups excluding carboxylic acids is 2. The molecule has 0 aromatic rings. The minimum atomic E-state index is -2.18. The molecule has 4 aliphatic carbocycles. The number of carbonyl (C=O) groups is 2. The predicted octanol–water partition coefficient (Wildman–Crippen LogP) is 0.653. The second-order valence-electron chi connectivity index (χ2n) is 11.2. The third-order valence-corrected chi connectivity index (χ3v) is 9.70. The zero-order valence-electron chi connectivity index (χ0n) is 18.7. The lowest BCUT2D eigenvalue weighted by atomic mass is 9.35. The zero-order chi connectivity index (χ0) is 22.6. The zero-order valence-corrected chi connectivity index (χ0v) is 18.7. The number of methoxy groups -OCH3 is 1. The molecule has 8 heteroatoms. The first-order chi connectivity index (χ1) is 14.5. The van der Waals surface area contributed by atoms with Crippen LogP contribution in [0.25, 0.3) is 0 Å². The smallest absolute Gasteiger partial charge is 0.302 e. The average Bonchev–Trinajstić information content (AvgIpc) is 2.81. The van der Waals surface area contributed by atoms with E-state index in [4.69, 9.17) is 14.2 Å². The summed E-state index contributed by atoms with van der Waals surface area (Å²) in [5, 5.41) is 35.1. The average molecular weight is 439 g/mol. The maximum absolute atomic E-state index is 13.9. The number of ketones is 1. The number of rotatable bonds is 3. The summed E-state index contributed by atoms with van der Waals surface area (Å²) in [5.41, 5.74) is -2.88. The Morgan fingerprint density at radius 1 is 1.19 bits per heavy atom. The Hall–Kier alpha value is -1.06. The minimum absolute atomic E-state index is 0.0820. The molecule has 10 atom stereocenters. The molecule has 2 spiro atoms. The monoisotopic (exact) mass is 438 g/mol. The van der Waals surface area contributed by atoms with E-state index in [0.29, 0.717) is 25.7 Å². The van der Waals surface area contributed by atoms with E-state index in [9.17, 15) is 24.9 Å². The van der Waals surface area contributed by atoms with Crippen molar-refractivity contribution in [2.75, 3.05) is 20.3 Å². The van der Waals surface area contributed by atoms with E-state index in [-0.39, 0.29) is 30.3 Å². The van der Waals surface area contributed by atoms with Gasteiger partial charge in [0, 0.05) is 31.3 Å². The molecule has 6 rings (SSSR count). The molecule has 174 valence electrons. The molecule has 3 N–H and O–H groups in total. The highest BCUT2D eigenvalue weighted by Gasteiger charge is 2.87.